The van der Waals surface area contributed by atoms with Crippen LogP contribution in [-0.4, -0.2) is 51.5 Å². The Hall–Kier alpha value is -1.80. The van der Waals surface area contributed by atoms with Crippen molar-refractivity contribution in [2.45, 2.75) is 63.8 Å². The van der Waals surface area contributed by atoms with E-state index in [-0.39, 0.29) is 0 Å². The fraction of sp³-hybridized carbons (Fsp3) is 0.600. The van der Waals surface area contributed by atoms with Crippen LogP contribution in [0.4, 0.5) is 10.6 Å². The Morgan fingerprint density at radius 2 is 2.10 bits per heavy atom. The number of nitrogens with zero attached hydrogens (tertiary/aromatic N) is 4. The Bertz CT molecular complexity index is 933. The number of fused-ring (bicyclic) bond motifs is 1. The number of hydrogen-bond donors (Lipinski definition) is 1. The Kier molecular flexibility index (Phi) is 6.15. The summed E-state index contributed by atoms with van der Waals surface area (Å²) in [5.74, 6) is 0.823. The third kappa shape index (κ3) is 5.04. The molecule has 1 N–H and O–H groups in total. The lowest BCUT2D eigenvalue weighted by atomic mass is 9.91. The van der Waals surface area contributed by atoms with Gasteiger partial charge in [-0.2, -0.15) is 0 Å². The summed E-state index contributed by atoms with van der Waals surface area (Å²) in [6, 6.07) is 0. The summed E-state index contributed by atoms with van der Waals surface area (Å²) in [6.07, 6.45) is 5.07. The van der Waals surface area contributed by atoms with Crippen LogP contribution < -0.4 is 10.2 Å². The number of ether oxygens (including phenoxy) is 1. The van der Waals surface area contributed by atoms with Gasteiger partial charge in [-0.05, 0) is 53.7 Å². The molecule has 158 valence electrons. The molecule has 29 heavy (non-hydrogen) atoms. The van der Waals surface area contributed by atoms with E-state index in [1.54, 1.807) is 6.20 Å². The van der Waals surface area contributed by atoms with E-state index in [0.29, 0.717) is 16.9 Å². The maximum atomic E-state index is 12.4. The van der Waals surface area contributed by atoms with Crippen LogP contribution in [0.2, 0.25) is 5.15 Å². The van der Waals surface area contributed by atoms with Crippen LogP contribution in [0.25, 0.3) is 10.9 Å². The van der Waals surface area contributed by atoms with Crippen LogP contribution in [0, 0.1) is 6.92 Å². The molecule has 3 heterocycles. The second-order valence-electron chi connectivity index (χ2n) is 8.68. The maximum absolute atomic E-state index is 12.4. The minimum absolute atomic E-state index is 0.400. The summed E-state index contributed by atoms with van der Waals surface area (Å²) in [7, 11) is 0. The molecule has 3 rings (SSSR count). The minimum Gasteiger partial charge on any atom is -0.444 e. The van der Waals surface area contributed by atoms with Crippen LogP contribution in [0.3, 0.4) is 0 Å². The van der Waals surface area contributed by atoms with E-state index >= 15 is 0 Å². The summed E-state index contributed by atoms with van der Waals surface area (Å²) in [5.41, 5.74) is 0.695. The van der Waals surface area contributed by atoms with Crippen molar-refractivity contribution in [2.75, 3.05) is 24.2 Å². The van der Waals surface area contributed by atoms with Crippen LogP contribution in [0.15, 0.2) is 11.4 Å². The fourth-order valence-electron chi connectivity index (χ4n) is 3.56. The normalized spacial score (nSPS) is 20.0. The number of pyridine rings is 1. The third-order valence-electron chi connectivity index (χ3n) is 4.86. The van der Waals surface area contributed by atoms with E-state index in [0.717, 1.165) is 41.7 Å². The highest BCUT2D eigenvalue weighted by molar-refractivity contribution is 7.98. The number of nitrogens with one attached hydrogen (secondary N) is 1. The van der Waals surface area contributed by atoms with E-state index in [1.807, 2.05) is 40.9 Å². The van der Waals surface area contributed by atoms with Crippen molar-refractivity contribution in [1.29, 1.82) is 0 Å². The first-order chi connectivity index (χ1) is 13.5. The van der Waals surface area contributed by atoms with Gasteiger partial charge in [-0.15, -0.1) is 0 Å². The van der Waals surface area contributed by atoms with Gasteiger partial charge in [0.2, 0.25) is 0 Å². The number of halogens is 1. The average molecular weight is 438 g/mol. The predicted octanol–water partition coefficient (Wildman–Crippen LogP) is 4.59. The lowest BCUT2D eigenvalue weighted by Gasteiger charge is -2.42. The van der Waals surface area contributed by atoms with Crippen LogP contribution >= 0.6 is 23.4 Å². The molecule has 0 radical (unpaired) electrons. The number of amides is 1. The molecule has 0 spiro atoms. The summed E-state index contributed by atoms with van der Waals surface area (Å²) in [4.78, 5) is 28.3. The van der Waals surface area contributed by atoms with Gasteiger partial charge in [0, 0.05) is 24.8 Å². The Morgan fingerprint density at radius 1 is 1.38 bits per heavy atom. The highest BCUT2D eigenvalue weighted by Crippen LogP contribution is 2.33. The molecular formula is C20H28ClN5O2S. The van der Waals surface area contributed by atoms with E-state index < -0.39 is 17.2 Å². The summed E-state index contributed by atoms with van der Waals surface area (Å²) >= 11 is 7.71. The Balaban J connectivity index is 1.93. The second-order valence-corrected chi connectivity index (χ2v) is 9.81. The first-order valence-electron chi connectivity index (χ1n) is 9.64. The van der Waals surface area contributed by atoms with Crippen molar-refractivity contribution in [3.8, 4) is 0 Å². The smallest absolute Gasteiger partial charge is 0.408 e. The van der Waals surface area contributed by atoms with E-state index in [4.69, 9.17) is 21.3 Å². The zero-order valence-corrected chi connectivity index (χ0v) is 19.4. The predicted molar refractivity (Wildman–Crippen MR) is 118 cm³/mol. The molecule has 1 amide bonds. The molecule has 1 aliphatic heterocycles. The van der Waals surface area contributed by atoms with Crippen molar-refractivity contribution < 1.29 is 9.53 Å². The largest absolute Gasteiger partial charge is 0.444 e. The van der Waals surface area contributed by atoms with Crippen LogP contribution in [-0.2, 0) is 4.74 Å². The number of aryl methyl sites for hydroxylation is 1. The number of alkyl carbamates (subject to hydrolysis) is 1. The summed E-state index contributed by atoms with van der Waals surface area (Å²) in [5, 5.41) is 5.06. The molecule has 0 saturated carbocycles. The molecule has 0 aromatic carbocycles. The van der Waals surface area contributed by atoms with Gasteiger partial charge in [-0.3, -0.25) is 0 Å². The fourth-order valence-corrected chi connectivity index (χ4v) is 4.06. The average Bonchev–Trinajstić information content (AvgIpc) is 2.62. The number of carbonyl (C=O) groups is 1. The quantitative estimate of drug-likeness (QED) is 0.427. The third-order valence-corrected chi connectivity index (χ3v) is 5.79. The number of anilines is 1. The number of hydrogen-bond acceptors (Lipinski definition) is 7. The zero-order chi connectivity index (χ0) is 21.4. The number of thioether (sulfide) groups is 1. The van der Waals surface area contributed by atoms with Gasteiger partial charge in [0.25, 0.3) is 0 Å². The van der Waals surface area contributed by atoms with Crippen LogP contribution in [0.5, 0.6) is 0 Å². The molecule has 1 saturated heterocycles. The van der Waals surface area contributed by atoms with Gasteiger partial charge in [0.05, 0.1) is 16.4 Å². The topological polar surface area (TPSA) is 80.2 Å². The molecule has 0 aliphatic carbocycles. The van der Waals surface area contributed by atoms with E-state index in [9.17, 15) is 4.79 Å². The molecule has 1 fully saturated rings. The van der Waals surface area contributed by atoms with Gasteiger partial charge in [-0.1, -0.05) is 23.4 Å². The highest BCUT2D eigenvalue weighted by Gasteiger charge is 2.35. The highest BCUT2D eigenvalue weighted by atomic mass is 35.5. The zero-order valence-electron chi connectivity index (χ0n) is 17.8. The Morgan fingerprint density at radius 3 is 2.76 bits per heavy atom. The van der Waals surface area contributed by atoms with Gasteiger partial charge >= 0.3 is 6.09 Å². The number of carbonyl (C=O) groups excluding carboxylic acids is 1. The number of piperidine rings is 1. The second kappa shape index (κ2) is 8.14. The van der Waals surface area contributed by atoms with Gasteiger partial charge < -0.3 is 15.0 Å². The molecule has 2 aromatic rings. The van der Waals surface area contributed by atoms with E-state index in [1.165, 1.54) is 11.8 Å². The maximum Gasteiger partial charge on any atom is 0.408 e. The molecule has 9 heteroatoms. The lowest BCUT2D eigenvalue weighted by molar-refractivity contribution is 0.0454. The molecular weight excluding hydrogens is 410 g/mol. The first kappa shape index (κ1) is 21.9. The van der Waals surface area contributed by atoms with Crippen molar-refractivity contribution in [2.24, 2.45) is 0 Å². The van der Waals surface area contributed by atoms with Crippen molar-refractivity contribution in [3.05, 3.63) is 16.9 Å². The van der Waals surface area contributed by atoms with Crippen LogP contribution in [0.1, 0.15) is 46.1 Å². The molecule has 0 unspecified atom stereocenters. The van der Waals surface area contributed by atoms with Gasteiger partial charge in [-0.25, -0.2) is 19.7 Å². The van der Waals surface area contributed by atoms with Crippen molar-refractivity contribution in [1.82, 2.24) is 20.3 Å². The van der Waals surface area contributed by atoms with Crippen molar-refractivity contribution >= 4 is 46.2 Å². The number of aromatic nitrogens is 3. The molecule has 2 aromatic heterocycles. The Labute approximate surface area is 181 Å². The minimum atomic E-state index is -0.534. The molecule has 1 atom stereocenters. The standard InChI is InChI=1S/C20H28ClN5O2S/c1-12-14-13(10-22-15(12)21)16(24-17(23-14)29-6)26-9-7-8-20(5,11-26)25-18(27)28-19(2,3)4/h10H,7-9,11H2,1-6H3,(H,25,27)/t20-/m1/s1. The van der Waals surface area contributed by atoms with Crippen molar-refractivity contribution in [3.63, 3.8) is 0 Å². The summed E-state index contributed by atoms with van der Waals surface area (Å²) < 4.78 is 5.46. The van der Waals surface area contributed by atoms with Gasteiger partial charge in [0.1, 0.15) is 16.6 Å². The monoisotopic (exact) mass is 437 g/mol. The SMILES string of the molecule is CSc1nc(N2CCC[C@@](C)(NC(=O)OC(C)(C)C)C2)c2cnc(Cl)c(C)c2n1. The van der Waals surface area contributed by atoms with Gasteiger partial charge in [0.15, 0.2) is 5.16 Å². The molecule has 1 aliphatic rings. The van der Waals surface area contributed by atoms with E-state index in [2.05, 4.69) is 20.2 Å². The first-order valence-corrected chi connectivity index (χ1v) is 11.2. The molecule has 7 nitrogen and oxygen atoms in total. The molecule has 0 bridgehead atoms. The summed E-state index contributed by atoms with van der Waals surface area (Å²) in [6.45, 7) is 11.0. The lowest BCUT2D eigenvalue weighted by Crippen LogP contribution is -2.57. The number of rotatable bonds is 3.